The Kier molecular flexibility index (Phi) is 5.90. The maximum atomic E-state index is 11.9. The Balaban J connectivity index is 2.73. The molecule has 0 aliphatic heterocycles. The van der Waals surface area contributed by atoms with E-state index >= 15 is 0 Å². The average Bonchev–Trinajstić information content (AvgIpc) is 2.46. The second kappa shape index (κ2) is 7.42. The second-order valence-electron chi connectivity index (χ2n) is 4.76. The molecule has 6 nitrogen and oxygen atoms in total. The number of carbonyl (C=O) groups is 3. The summed E-state index contributed by atoms with van der Waals surface area (Å²) in [5.41, 5.74) is -0.816. The molecule has 1 atom stereocenters. The quantitative estimate of drug-likeness (QED) is 0.734. The molecule has 0 saturated heterocycles. The van der Waals surface area contributed by atoms with Crippen LogP contribution >= 0.6 is 0 Å². The maximum Gasteiger partial charge on any atom is 0.325 e. The summed E-state index contributed by atoms with van der Waals surface area (Å²) in [5.74, 6) is -2.17. The topological polar surface area (TPSA) is 92.7 Å². The summed E-state index contributed by atoms with van der Waals surface area (Å²) < 4.78 is 4.68. The first-order valence-electron chi connectivity index (χ1n) is 6.61. The third kappa shape index (κ3) is 4.59. The summed E-state index contributed by atoms with van der Waals surface area (Å²) in [5, 5.41) is 11.8. The molecule has 1 unspecified atom stereocenters. The van der Waals surface area contributed by atoms with Gasteiger partial charge in [-0.3, -0.25) is 14.4 Å². The zero-order valence-electron chi connectivity index (χ0n) is 12.1. The van der Waals surface area contributed by atoms with E-state index in [-0.39, 0.29) is 19.6 Å². The molecule has 1 aromatic carbocycles. The van der Waals surface area contributed by atoms with E-state index in [1.54, 1.807) is 37.3 Å². The normalized spacial score (nSPS) is 13.0. The van der Waals surface area contributed by atoms with Gasteiger partial charge in [-0.15, -0.1) is 0 Å². The van der Waals surface area contributed by atoms with Gasteiger partial charge >= 0.3 is 11.9 Å². The monoisotopic (exact) mass is 293 g/mol. The predicted octanol–water partition coefficient (Wildman–Crippen LogP) is 1.10. The zero-order chi connectivity index (χ0) is 15.9. The van der Waals surface area contributed by atoms with E-state index in [1.165, 1.54) is 6.92 Å². The molecule has 1 aromatic rings. The standard InChI is InChI=1S/C15H19NO5/c1-3-21-13(18)10-16-12(17)9-15(2,14(19)20)11-7-5-4-6-8-11/h4-8H,3,9-10H2,1-2H3,(H,16,17)(H,19,20). The van der Waals surface area contributed by atoms with E-state index in [4.69, 9.17) is 0 Å². The van der Waals surface area contributed by atoms with Crippen molar-refractivity contribution >= 4 is 17.8 Å². The third-order valence-corrected chi connectivity index (χ3v) is 3.13. The van der Waals surface area contributed by atoms with Crippen molar-refractivity contribution in [1.29, 1.82) is 0 Å². The highest BCUT2D eigenvalue weighted by Crippen LogP contribution is 2.27. The molecule has 0 aromatic heterocycles. The fourth-order valence-electron chi connectivity index (χ4n) is 1.87. The van der Waals surface area contributed by atoms with Crippen molar-refractivity contribution in [2.75, 3.05) is 13.2 Å². The van der Waals surface area contributed by atoms with Crippen LogP contribution in [0.4, 0.5) is 0 Å². The van der Waals surface area contributed by atoms with Crippen LogP contribution in [0.1, 0.15) is 25.8 Å². The Labute approximate surface area is 123 Å². The smallest absolute Gasteiger partial charge is 0.325 e. The molecule has 6 heteroatoms. The van der Waals surface area contributed by atoms with Gasteiger partial charge in [-0.25, -0.2) is 0 Å². The number of carboxylic acid groups (broad SMARTS) is 1. The molecule has 0 spiro atoms. The van der Waals surface area contributed by atoms with Crippen LogP contribution in [0.15, 0.2) is 30.3 Å². The molecule has 0 radical (unpaired) electrons. The van der Waals surface area contributed by atoms with E-state index in [1.807, 2.05) is 0 Å². The third-order valence-electron chi connectivity index (χ3n) is 3.13. The van der Waals surface area contributed by atoms with Gasteiger partial charge in [-0.2, -0.15) is 0 Å². The van der Waals surface area contributed by atoms with Crippen molar-refractivity contribution < 1.29 is 24.2 Å². The lowest BCUT2D eigenvalue weighted by Crippen LogP contribution is -2.40. The molecule has 0 bridgehead atoms. The Bertz CT molecular complexity index is 514. The Morgan fingerprint density at radius 2 is 1.86 bits per heavy atom. The zero-order valence-corrected chi connectivity index (χ0v) is 12.1. The molecule has 21 heavy (non-hydrogen) atoms. The van der Waals surface area contributed by atoms with Crippen molar-refractivity contribution in [3.05, 3.63) is 35.9 Å². The van der Waals surface area contributed by atoms with Crippen LogP contribution in [0.3, 0.4) is 0 Å². The highest BCUT2D eigenvalue weighted by Gasteiger charge is 2.37. The minimum atomic E-state index is -1.35. The molecule has 0 aliphatic rings. The van der Waals surface area contributed by atoms with E-state index in [9.17, 15) is 19.5 Å². The number of hydrogen-bond donors (Lipinski definition) is 2. The fourth-order valence-corrected chi connectivity index (χ4v) is 1.87. The molecule has 0 aliphatic carbocycles. The van der Waals surface area contributed by atoms with Gasteiger partial charge in [-0.1, -0.05) is 30.3 Å². The Morgan fingerprint density at radius 3 is 2.38 bits per heavy atom. The van der Waals surface area contributed by atoms with Crippen molar-refractivity contribution in [3.63, 3.8) is 0 Å². The predicted molar refractivity (Wildman–Crippen MR) is 75.7 cm³/mol. The van der Waals surface area contributed by atoms with Gasteiger partial charge in [0.1, 0.15) is 6.54 Å². The van der Waals surface area contributed by atoms with Gasteiger partial charge in [-0.05, 0) is 19.4 Å². The van der Waals surface area contributed by atoms with E-state index in [0.29, 0.717) is 5.56 Å². The number of benzene rings is 1. The van der Waals surface area contributed by atoms with E-state index in [2.05, 4.69) is 10.1 Å². The Morgan fingerprint density at radius 1 is 1.24 bits per heavy atom. The van der Waals surface area contributed by atoms with E-state index in [0.717, 1.165) is 0 Å². The summed E-state index contributed by atoms with van der Waals surface area (Å²) in [6.07, 6.45) is -0.258. The molecule has 2 N–H and O–H groups in total. The number of esters is 1. The summed E-state index contributed by atoms with van der Waals surface area (Å²) in [7, 11) is 0. The van der Waals surface area contributed by atoms with Crippen molar-refractivity contribution in [3.8, 4) is 0 Å². The van der Waals surface area contributed by atoms with Crippen LogP contribution in [0.2, 0.25) is 0 Å². The Hall–Kier alpha value is -2.37. The highest BCUT2D eigenvalue weighted by molar-refractivity contribution is 5.90. The number of nitrogens with one attached hydrogen (secondary N) is 1. The molecule has 1 amide bonds. The first-order chi connectivity index (χ1) is 9.90. The minimum absolute atomic E-state index is 0.228. The van der Waals surface area contributed by atoms with Crippen LogP contribution in [-0.4, -0.2) is 36.1 Å². The van der Waals surface area contributed by atoms with Crippen molar-refractivity contribution in [2.45, 2.75) is 25.7 Å². The molecule has 114 valence electrons. The summed E-state index contributed by atoms with van der Waals surface area (Å²) in [6, 6.07) is 8.52. The largest absolute Gasteiger partial charge is 0.481 e. The van der Waals surface area contributed by atoms with Crippen LogP contribution in [-0.2, 0) is 24.5 Å². The lowest BCUT2D eigenvalue weighted by Gasteiger charge is -2.24. The number of rotatable bonds is 7. The molecular formula is C15H19NO5. The van der Waals surface area contributed by atoms with Crippen LogP contribution in [0, 0.1) is 0 Å². The van der Waals surface area contributed by atoms with Gasteiger partial charge in [0.25, 0.3) is 0 Å². The summed E-state index contributed by atoms with van der Waals surface area (Å²) in [6.45, 7) is 3.11. The highest BCUT2D eigenvalue weighted by atomic mass is 16.5. The van der Waals surface area contributed by atoms with E-state index < -0.39 is 23.3 Å². The number of aliphatic carboxylic acids is 1. The molecule has 0 fully saturated rings. The van der Waals surface area contributed by atoms with Crippen molar-refractivity contribution in [2.24, 2.45) is 0 Å². The SMILES string of the molecule is CCOC(=O)CNC(=O)CC(C)(C(=O)O)c1ccccc1. The molecular weight excluding hydrogens is 274 g/mol. The van der Waals surface area contributed by atoms with Gasteiger partial charge < -0.3 is 15.2 Å². The summed E-state index contributed by atoms with van der Waals surface area (Å²) in [4.78, 5) is 34.6. The summed E-state index contributed by atoms with van der Waals surface area (Å²) >= 11 is 0. The fraction of sp³-hybridized carbons (Fsp3) is 0.400. The molecule has 1 rings (SSSR count). The first kappa shape index (κ1) is 16.7. The molecule has 0 heterocycles. The first-order valence-corrected chi connectivity index (χ1v) is 6.61. The lowest BCUT2D eigenvalue weighted by atomic mass is 9.79. The second-order valence-corrected chi connectivity index (χ2v) is 4.76. The van der Waals surface area contributed by atoms with Gasteiger partial charge in [0.2, 0.25) is 5.91 Å². The average molecular weight is 293 g/mol. The molecule has 0 saturated carbocycles. The van der Waals surface area contributed by atoms with Crippen LogP contribution in [0.25, 0.3) is 0 Å². The number of carboxylic acids is 1. The maximum absolute atomic E-state index is 11.9. The minimum Gasteiger partial charge on any atom is -0.481 e. The lowest BCUT2D eigenvalue weighted by molar-refractivity contribution is -0.146. The van der Waals surface area contributed by atoms with Gasteiger partial charge in [0.05, 0.1) is 12.0 Å². The van der Waals surface area contributed by atoms with Crippen LogP contribution < -0.4 is 5.32 Å². The van der Waals surface area contributed by atoms with Crippen LogP contribution in [0.5, 0.6) is 0 Å². The number of carbonyl (C=O) groups excluding carboxylic acids is 2. The number of ether oxygens (including phenoxy) is 1. The number of amides is 1. The van der Waals surface area contributed by atoms with Gasteiger partial charge in [0.15, 0.2) is 0 Å². The number of hydrogen-bond acceptors (Lipinski definition) is 4. The van der Waals surface area contributed by atoms with Gasteiger partial charge in [0, 0.05) is 6.42 Å². The van der Waals surface area contributed by atoms with Crippen molar-refractivity contribution in [1.82, 2.24) is 5.32 Å².